The Morgan fingerprint density at radius 3 is 2.69 bits per heavy atom. The molecule has 0 saturated carbocycles. The maximum atomic E-state index is 6.03. The van der Waals surface area contributed by atoms with Gasteiger partial charge in [0.05, 0.1) is 0 Å². The van der Waals surface area contributed by atoms with Gasteiger partial charge in [0.2, 0.25) is 0 Å². The second-order valence-corrected chi connectivity index (χ2v) is 3.49. The third kappa shape index (κ3) is 2.85. The third-order valence-corrected chi connectivity index (χ3v) is 2.39. The van der Waals surface area contributed by atoms with Crippen LogP contribution in [0.15, 0.2) is 24.3 Å². The van der Waals surface area contributed by atoms with Gasteiger partial charge < -0.3 is 5.73 Å². The van der Waals surface area contributed by atoms with Crippen molar-refractivity contribution in [1.29, 1.82) is 0 Å². The molecule has 0 amide bonds. The predicted molar refractivity (Wildman–Crippen MR) is 57.7 cm³/mol. The van der Waals surface area contributed by atoms with Crippen molar-refractivity contribution in [3.63, 3.8) is 0 Å². The van der Waals surface area contributed by atoms with Crippen LogP contribution < -0.4 is 5.73 Å². The van der Waals surface area contributed by atoms with E-state index >= 15 is 0 Å². The van der Waals surface area contributed by atoms with E-state index in [0.29, 0.717) is 0 Å². The van der Waals surface area contributed by atoms with E-state index in [1.807, 2.05) is 0 Å². The molecule has 1 aromatic carbocycles. The highest BCUT2D eigenvalue weighted by molar-refractivity contribution is 5.25. The largest absolute Gasteiger partial charge is 0.324 e. The molecule has 0 unspecified atom stereocenters. The molecule has 0 aliphatic rings. The summed E-state index contributed by atoms with van der Waals surface area (Å²) >= 11 is 0. The Morgan fingerprint density at radius 1 is 1.31 bits per heavy atom. The molecule has 0 heterocycles. The van der Waals surface area contributed by atoms with E-state index in [1.54, 1.807) is 0 Å². The van der Waals surface area contributed by atoms with Crippen LogP contribution in [0.1, 0.15) is 43.9 Å². The van der Waals surface area contributed by atoms with Crippen LogP contribution >= 0.6 is 0 Å². The van der Waals surface area contributed by atoms with Crippen molar-refractivity contribution in [3.05, 3.63) is 35.4 Å². The summed E-state index contributed by atoms with van der Waals surface area (Å²) in [6.45, 7) is 4.34. The van der Waals surface area contributed by atoms with Gasteiger partial charge in [0.1, 0.15) is 0 Å². The van der Waals surface area contributed by atoms with Crippen molar-refractivity contribution in [1.82, 2.24) is 0 Å². The predicted octanol–water partition coefficient (Wildman–Crippen LogP) is 3.05. The number of nitrogens with two attached hydrogens (primary N) is 1. The lowest BCUT2D eigenvalue weighted by molar-refractivity contribution is 0.638. The second-order valence-electron chi connectivity index (χ2n) is 3.49. The lowest BCUT2D eigenvalue weighted by Gasteiger charge is -2.11. The minimum absolute atomic E-state index is 0.219. The summed E-state index contributed by atoms with van der Waals surface area (Å²) in [6, 6.07) is 8.82. The zero-order valence-corrected chi connectivity index (χ0v) is 8.59. The van der Waals surface area contributed by atoms with Crippen molar-refractivity contribution in [2.75, 3.05) is 0 Å². The van der Waals surface area contributed by atoms with Crippen molar-refractivity contribution in [3.8, 4) is 0 Å². The van der Waals surface area contributed by atoms with Crippen molar-refractivity contribution in [2.24, 2.45) is 5.73 Å². The Balaban J connectivity index is 2.75. The molecule has 0 radical (unpaired) electrons. The van der Waals surface area contributed by atoms with E-state index in [2.05, 4.69) is 38.1 Å². The summed E-state index contributed by atoms with van der Waals surface area (Å²) in [6.07, 6.45) is 3.32. The fourth-order valence-electron chi connectivity index (χ4n) is 1.52. The molecular weight excluding hydrogens is 158 g/mol. The van der Waals surface area contributed by atoms with Gasteiger partial charge in [0.15, 0.2) is 0 Å². The standard InChI is InChI=1S/C12H19N/c1-3-6-12(13)11-8-5-7-10(4-2)9-11/h5,7-9,12H,3-4,6,13H2,1-2H3/t12-/m1/s1. The van der Waals surface area contributed by atoms with E-state index < -0.39 is 0 Å². The fraction of sp³-hybridized carbons (Fsp3) is 0.500. The maximum Gasteiger partial charge on any atom is 0.0294 e. The topological polar surface area (TPSA) is 26.0 Å². The molecule has 0 fully saturated rings. The smallest absolute Gasteiger partial charge is 0.0294 e. The number of hydrogen-bond acceptors (Lipinski definition) is 1. The fourth-order valence-corrected chi connectivity index (χ4v) is 1.52. The average molecular weight is 177 g/mol. The molecule has 1 rings (SSSR count). The van der Waals surface area contributed by atoms with Crippen LogP contribution in [0, 0.1) is 0 Å². The highest BCUT2D eigenvalue weighted by Gasteiger charge is 2.03. The summed E-state index contributed by atoms with van der Waals surface area (Å²) in [4.78, 5) is 0. The van der Waals surface area contributed by atoms with Crippen molar-refractivity contribution in [2.45, 2.75) is 39.2 Å². The normalized spacial score (nSPS) is 12.8. The molecule has 2 N–H and O–H groups in total. The molecular formula is C12H19N. The minimum atomic E-state index is 0.219. The SMILES string of the molecule is CCC[C@@H](N)c1cccc(CC)c1. The highest BCUT2D eigenvalue weighted by Crippen LogP contribution is 2.16. The zero-order chi connectivity index (χ0) is 9.68. The molecule has 1 atom stereocenters. The summed E-state index contributed by atoms with van der Waals surface area (Å²) in [5, 5.41) is 0. The van der Waals surface area contributed by atoms with Gasteiger partial charge in [-0.25, -0.2) is 0 Å². The van der Waals surface area contributed by atoms with Crippen LogP contribution in [-0.4, -0.2) is 0 Å². The van der Waals surface area contributed by atoms with Gasteiger partial charge in [-0.2, -0.15) is 0 Å². The first kappa shape index (κ1) is 10.3. The molecule has 72 valence electrons. The zero-order valence-electron chi connectivity index (χ0n) is 8.59. The van der Waals surface area contributed by atoms with E-state index in [0.717, 1.165) is 19.3 Å². The van der Waals surface area contributed by atoms with Crippen LogP contribution in [0.5, 0.6) is 0 Å². The number of hydrogen-bond donors (Lipinski definition) is 1. The highest BCUT2D eigenvalue weighted by atomic mass is 14.6. The molecule has 13 heavy (non-hydrogen) atoms. The van der Waals surface area contributed by atoms with Gasteiger partial charge in [-0.15, -0.1) is 0 Å². The van der Waals surface area contributed by atoms with Crippen molar-refractivity contribution < 1.29 is 0 Å². The molecule has 1 heteroatoms. The van der Waals surface area contributed by atoms with E-state index in [1.165, 1.54) is 11.1 Å². The molecule has 0 aliphatic heterocycles. The summed E-state index contributed by atoms with van der Waals surface area (Å²) in [5.41, 5.74) is 8.69. The third-order valence-electron chi connectivity index (χ3n) is 2.39. The minimum Gasteiger partial charge on any atom is -0.324 e. The number of rotatable bonds is 4. The number of aryl methyl sites for hydroxylation is 1. The molecule has 1 aromatic rings. The van der Waals surface area contributed by atoms with Gasteiger partial charge in [0.25, 0.3) is 0 Å². The van der Waals surface area contributed by atoms with Crippen LogP contribution in [0.2, 0.25) is 0 Å². The average Bonchev–Trinajstić information content (AvgIpc) is 2.18. The van der Waals surface area contributed by atoms with Crippen LogP contribution in [0.3, 0.4) is 0 Å². The van der Waals surface area contributed by atoms with Crippen LogP contribution in [-0.2, 0) is 6.42 Å². The lowest BCUT2D eigenvalue weighted by Crippen LogP contribution is -2.09. The van der Waals surface area contributed by atoms with Crippen molar-refractivity contribution >= 4 is 0 Å². The first-order valence-corrected chi connectivity index (χ1v) is 5.12. The van der Waals surface area contributed by atoms with Gasteiger partial charge in [-0.3, -0.25) is 0 Å². The van der Waals surface area contributed by atoms with Gasteiger partial charge in [-0.05, 0) is 24.0 Å². The molecule has 0 bridgehead atoms. The summed E-state index contributed by atoms with van der Waals surface area (Å²) < 4.78 is 0. The van der Waals surface area contributed by atoms with Gasteiger partial charge in [-0.1, -0.05) is 44.5 Å². The first-order chi connectivity index (χ1) is 6.27. The van der Waals surface area contributed by atoms with E-state index in [4.69, 9.17) is 5.73 Å². The summed E-state index contributed by atoms with van der Waals surface area (Å²) in [5.74, 6) is 0. The Hall–Kier alpha value is -0.820. The van der Waals surface area contributed by atoms with Gasteiger partial charge >= 0.3 is 0 Å². The Morgan fingerprint density at radius 2 is 2.08 bits per heavy atom. The molecule has 0 aromatic heterocycles. The van der Waals surface area contributed by atoms with E-state index in [-0.39, 0.29) is 6.04 Å². The van der Waals surface area contributed by atoms with Crippen LogP contribution in [0.4, 0.5) is 0 Å². The lowest BCUT2D eigenvalue weighted by atomic mass is 10.0. The van der Waals surface area contributed by atoms with Crippen LogP contribution in [0.25, 0.3) is 0 Å². The monoisotopic (exact) mass is 177 g/mol. The first-order valence-electron chi connectivity index (χ1n) is 5.12. The molecule has 0 aliphatic carbocycles. The molecule has 0 spiro atoms. The Kier molecular flexibility index (Phi) is 3.97. The Labute approximate surface area is 81.0 Å². The maximum absolute atomic E-state index is 6.03. The van der Waals surface area contributed by atoms with Gasteiger partial charge in [0, 0.05) is 6.04 Å². The second kappa shape index (κ2) is 5.03. The summed E-state index contributed by atoms with van der Waals surface area (Å²) in [7, 11) is 0. The Bertz CT molecular complexity index is 255. The number of benzene rings is 1. The quantitative estimate of drug-likeness (QED) is 0.751. The molecule has 1 nitrogen and oxygen atoms in total. The van der Waals surface area contributed by atoms with E-state index in [9.17, 15) is 0 Å². The molecule has 0 saturated heterocycles.